The predicted octanol–water partition coefficient (Wildman–Crippen LogP) is 1.70. The largest absolute Gasteiger partial charge is 0.466 e. The SMILES string of the molecule is CCOC(=O)C1CCN(C(=O)C2(CN)CCCCC2)CC1. The fraction of sp³-hybridized carbons (Fsp3) is 0.875. The van der Waals surface area contributed by atoms with E-state index in [9.17, 15) is 9.59 Å². The summed E-state index contributed by atoms with van der Waals surface area (Å²) in [5.41, 5.74) is 5.60. The van der Waals surface area contributed by atoms with Gasteiger partial charge in [0, 0.05) is 19.6 Å². The van der Waals surface area contributed by atoms with Crippen molar-refractivity contribution in [2.24, 2.45) is 17.1 Å². The average molecular weight is 296 g/mol. The third-order valence-electron chi connectivity index (χ3n) is 5.06. The maximum Gasteiger partial charge on any atom is 0.309 e. The van der Waals surface area contributed by atoms with Gasteiger partial charge >= 0.3 is 5.97 Å². The van der Waals surface area contributed by atoms with Crippen molar-refractivity contribution in [2.45, 2.75) is 51.9 Å². The molecule has 1 amide bonds. The summed E-state index contributed by atoms with van der Waals surface area (Å²) < 4.78 is 5.07. The topological polar surface area (TPSA) is 72.6 Å². The van der Waals surface area contributed by atoms with E-state index in [1.807, 2.05) is 11.8 Å². The van der Waals surface area contributed by atoms with E-state index in [0.717, 1.165) is 25.7 Å². The zero-order valence-corrected chi connectivity index (χ0v) is 13.1. The molecule has 0 aromatic heterocycles. The van der Waals surface area contributed by atoms with Crippen molar-refractivity contribution in [3.8, 4) is 0 Å². The highest BCUT2D eigenvalue weighted by atomic mass is 16.5. The van der Waals surface area contributed by atoms with Crippen molar-refractivity contribution in [3.05, 3.63) is 0 Å². The molecule has 5 heteroatoms. The molecule has 0 radical (unpaired) electrons. The monoisotopic (exact) mass is 296 g/mol. The predicted molar refractivity (Wildman–Crippen MR) is 80.5 cm³/mol. The van der Waals surface area contributed by atoms with Crippen LogP contribution in [0.5, 0.6) is 0 Å². The Morgan fingerprint density at radius 1 is 1.19 bits per heavy atom. The van der Waals surface area contributed by atoms with Crippen LogP contribution in [0.25, 0.3) is 0 Å². The number of hydrogen-bond acceptors (Lipinski definition) is 4. The summed E-state index contributed by atoms with van der Waals surface area (Å²) >= 11 is 0. The van der Waals surface area contributed by atoms with Gasteiger partial charge in [-0.1, -0.05) is 19.3 Å². The highest BCUT2D eigenvalue weighted by molar-refractivity contribution is 5.83. The molecule has 0 spiro atoms. The lowest BCUT2D eigenvalue weighted by Crippen LogP contribution is -2.51. The van der Waals surface area contributed by atoms with Crippen molar-refractivity contribution in [1.82, 2.24) is 4.90 Å². The van der Waals surface area contributed by atoms with Gasteiger partial charge in [0.1, 0.15) is 0 Å². The molecule has 1 aliphatic carbocycles. The van der Waals surface area contributed by atoms with Crippen molar-refractivity contribution in [1.29, 1.82) is 0 Å². The van der Waals surface area contributed by atoms with E-state index in [1.54, 1.807) is 0 Å². The summed E-state index contributed by atoms with van der Waals surface area (Å²) in [7, 11) is 0. The molecule has 0 atom stereocenters. The van der Waals surface area contributed by atoms with E-state index in [-0.39, 0.29) is 23.2 Å². The van der Waals surface area contributed by atoms with Gasteiger partial charge in [0.25, 0.3) is 0 Å². The second kappa shape index (κ2) is 7.25. The van der Waals surface area contributed by atoms with Crippen molar-refractivity contribution < 1.29 is 14.3 Å². The van der Waals surface area contributed by atoms with Gasteiger partial charge in [-0.05, 0) is 32.6 Å². The molecular weight excluding hydrogens is 268 g/mol. The molecule has 1 heterocycles. The summed E-state index contributed by atoms with van der Waals surface area (Å²) in [6.45, 7) is 4.01. The van der Waals surface area contributed by atoms with Crippen molar-refractivity contribution >= 4 is 11.9 Å². The summed E-state index contributed by atoms with van der Waals surface area (Å²) in [6.07, 6.45) is 6.67. The van der Waals surface area contributed by atoms with Gasteiger partial charge in [-0.3, -0.25) is 9.59 Å². The molecule has 0 aromatic rings. The number of carbonyl (C=O) groups excluding carboxylic acids is 2. The molecule has 5 nitrogen and oxygen atoms in total. The smallest absolute Gasteiger partial charge is 0.309 e. The van der Waals surface area contributed by atoms with Crippen LogP contribution in [0.4, 0.5) is 0 Å². The molecule has 2 aliphatic rings. The van der Waals surface area contributed by atoms with Crippen LogP contribution in [0.1, 0.15) is 51.9 Å². The van der Waals surface area contributed by atoms with E-state index in [2.05, 4.69) is 0 Å². The van der Waals surface area contributed by atoms with Crippen LogP contribution in [0.3, 0.4) is 0 Å². The summed E-state index contributed by atoms with van der Waals surface area (Å²) in [5.74, 6) is 0.0528. The van der Waals surface area contributed by atoms with Crippen LogP contribution in [-0.4, -0.2) is 43.0 Å². The fourth-order valence-corrected chi connectivity index (χ4v) is 3.65. The lowest BCUT2D eigenvalue weighted by molar-refractivity contribution is -0.153. The van der Waals surface area contributed by atoms with Gasteiger partial charge < -0.3 is 15.4 Å². The number of amides is 1. The highest BCUT2D eigenvalue weighted by Crippen LogP contribution is 2.38. The Kier molecular flexibility index (Phi) is 5.62. The summed E-state index contributed by atoms with van der Waals surface area (Å²) in [5, 5.41) is 0. The zero-order valence-electron chi connectivity index (χ0n) is 13.1. The minimum Gasteiger partial charge on any atom is -0.466 e. The van der Waals surface area contributed by atoms with Gasteiger partial charge in [0.15, 0.2) is 0 Å². The van der Waals surface area contributed by atoms with Crippen LogP contribution >= 0.6 is 0 Å². The van der Waals surface area contributed by atoms with Gasteiger partial charge in [0.2, 0.25) is 5.91 Å². The maximum atomic E-state index is 12.8. The van der Waals surface area contributed by atoms with E-state index in [4.69, 9.17) is 10.5 Å². The third-order valence-corrected chi connectivity index (χ3v) is 5.06. The number of esters is 1. The Hall–Kier alpha value is -1.10. The molecule has 1 aliphatic heterocycles. The first-order chi connectivity index (χ1) is 10.1. The van der Waals surface area contributed by atoms with Crippen molar-refractivity contribution in [3.63, 3.8) is 0 Å². The Balaban J connectivity index is 1.91. The Morgan fingerprint density at radius 3 is 2.33 bits per heavy atom. The third kappa shape index (κ3) is 3.57. The van der Waals surface area contributed by atoms with Gasteiger partial charge in [-0.2, -0.15) is 0 Å². The minimum atomic E-state index is -0.338. The fourth-order valence-electron chi connectivity index (χ4n) is 3.65. The van der Waals surface area contributed by atoms with E-state index < -0.39 is 0 Å². The maximum absolute atomic E-state index is 12.8. The highest BCUT2D eigenvalue weighted by Gasteiger charge is 2.42. The molecule has 0 bridgehead atoms. The van der Waals surface area contributed by atoms with E-state index in [1.165, 1.54) is 6.42 Å². The van der Waals surface area contributed by atoms with E-state index >= 15 is 0 Å². The average Bonchev–Trinajstić information content (AvgIpc) is 2.55. The lowest BCUT2D eigenvalue weighted by atomic mass is 9.72. The molecule has 2 fully saturated rings. The van der Waals surface area contributed by atoms with Gasteiger partial charge in [-0.25, -0.2) is 0 Å². The molecule has 2 rings (SSSR count). The number of nitrogens with two attached hydrogens (primary N) is 1. The molecule has 2 N–H and O–H groups in total. The molecule has 1 saturated carbocycles. The normalized spacial score (nSPS) is 22.9. The second-order valence-corrected chi connectivity index (χ2v) is 6.36. The van der Waals surface area contributed by atoms with Gasteiger partial charge in [-0.15, -0.1) is 0 Å². The number of piperidine rings is 1. The first-order valence-electron chi connectivity index (χ1n) is 8.29. The molecule has 1 saturated heterocycles. The second-order valence-electron chi connectivity index (χ2n) is 6.36. The van der Waals surface area contributed by atoms with Crippen LogP contribution in [-0.2, 0) is 14.3 Å². The number of nitrogens with zero attached hydrogens (tertiary/aromatic N) is 1. The van der Waals surface area contributed by atoms with E-state index in [0.29, 0.717) is 39.1 Å². The number of carbonyl (C=O) groups is 2. The first-order valence-corrected chi connectivity index (χ1v) is 8.29. The zero-order chi connectivity index (χ0) is 15.3. The quantitative estimate of drug-likeness (QED) is 0.801. The van der Waals surface area contributed by atoms with Crippen LogP contribution < -0.4 is 5.73 Å². The molecule has 21 heavy (non-hydrogen) atoms. The minimum absolute atomic E-state index is 0.0471. The molecular formula is C16H28N2O3. The van der Waals surface area contributed by atoms with Gasteiger partial charge in [0.05, 0.1) is 17.9 Å². The number of likely N-dealkylation sites (tertiary alicyclic amines) is 1. The lowest BCUT2D eigenvalue weighted by Gasteiger charge is -2.41. The number of ether oxygens (including phenoxy) is 1. The molecule has 120 valence electrons. The molecule has 0 unspecified atom stereocenters. The van der Waals surface area contributed by atoms with Crippen LogP contribution in [0.15, 0.2) is 0 Å². The number of hydrogen-bond donors (Lipinski definition) is 1. The Morgan fingerprint density at radius 2 is 1.81 bits per heavy atom. The van der Waals surface area contributed by atoms with Crippen LogP contribution in [0.2, 0.25) is 0 Å². The first kappa shape index (κ1) is 16.3. The summed E-state index contributed by atoms with van der Waals surface area (Å²) in [4.78, 5) is 26.5. The van der Waals surface area contributed by atoms with Crippen molar-refractivity contribution in [2.75, 3.05) is 26.2 Å². The summed E-state index contributed by atoms with van der Waals surface area (Å²) in [6, 6.07) is 0. The number of rotatable bonds is 4. The Bertz CT molecular complexity index is 370. The Labute approximate surface area is 127 Å². The molecule has 0 aromatic carbocycles. The standard InChI is InChI=1S/C16H28N2O3/c1-2-21-14(19)13-6-10-18(11-7-13)15(20)16(12-17)8-4-3-5-9-16/h13H,2-12,17H2,1H3. The van der Waals surface area contributed by atoms with Crippen LogP contribution in [0, 0.1) is 11.3 Å².